The molecular formula is C22H29N5S. The van der Waals surface area contributed by atoms with Gasteiger partial charge in [-0.05, 0) is 43.4 Å². The lowest BCUT2D eigenvalue weighted by Crippen LogP contribution is -2.38. The van der Waals surface area contributed by atoms with Crippen LogP contribution in [0, 0.1) is 0 Å². The van der Waals surface area contributed by atoms with Crippen LogP contribution in [0.4, 0.5) is 5.69 Å². The maximum atomic E-state index is 4.86. The summed E-state index contributed by atoms with van der Waals surface area (Å²) in [4.78, 5) is 15.3. The molecule has 2 heterocycles. The number of anilines is 1. The van der Waals surface area contributed by atoms with Crippen molar-refractivity contribution < 1.29 is 0 Å². The number of aromatic nitrogens is 1. The van der Waals surface area contributed by atoms with Crippen LogP contribution in [0.25, 0.3) is 0 Å². The van der Waals surface area contributed by atoms with Crippen LogP contribution in [0.15, 0.2) is 41.4 Å². The number of aliphatic imine (C=N–C) groups is 1. The lowest BCUT2D eigenvalue weighted by molar-refractivity contribution is 0.474. The van der Waals surface area contributed by atoms with Crippen molar-refractivity contribution in [2.45, 2.75) is 38.8 Å². The van der Waals surface area contributed by atoms with Crippen LogP contribution < -0.4 is 10.2 Å². The van der Waals surface area contributed by atoms with Gasteiger partial charge in [-0.25, -0.2) is 4.98 Å². The van der Waals surface area contributed by atoms with E-state index in [4.69, 9.17) is 4.98 Å². The molecule has 5 nitrogen and oxygen atoms in total. The summed E-state index contributed by atoms with van der Waals surface area (Å²) in [5, 5.41) is 4.68. The molecule has 0 unspecified atom stereocenters. The third kappa shape index (κ3) is 4.38. The van der Waals surface area contributed by atoms with Crippen LogP contribution in [-0.4, -0.2) is 43.0 Å². The smallest absolute Gasteiger partial charge is 0.194 e. The van der Waals surface area contributed by atoms with E-state index in [2.05, 4.69) is 63.6 Å². The van der Waals surface area contributed by atoms with Crippen molar-refractivity contribution >= 4 is 23.0 Å². The van der Waals surface area contributed by atoms with Gasteiger partial charge in [0, 0.05) is 44.3 Å². The average molecular weight is 396 g/mol. The molecule has 4 rings (SSSR count). The molecule has 0 bridgehead atoms. The second-order valence-electron chi connectivity index (χ2n) is 7.48. The molecule has 1 aromatic heterocycles. The van der Waals surface area contributed by atoms with Gasteiger partial charge in [-0.2, -0.15) is 0 Å². The predicted octanol–water partition coefficient (Wildman–Crippen LogP) is 3.61. The second kappa shape index (κ2) is 8.78. The number of thiazole rings is 1. The Kier molecular flexibility index (Phi) is 5.95. The summed E-state index contributed by atoms with van der Waals surface area (Å²) in [6, 6.07) is 8.80. The predicted molar refractivity (Wildman–Crippen MR) is 118 cm³/mol. The number of hydrogen-bond donors (Lipinski definition) is 1. The van der Waals surface area contributed by atoms with Crippen LogP contribution in [-0.2, 0) is 25.9 Å². The Morgan fingerprint density at radius 1 is 1.18 bits per heavy atom. The van der Waals surface area contributed by atoms with E-state index in [0.717, 1.165) is 38.6 Å². The molecule has 1 aliphatic heterocycles. The van der Waals surface area contributed by atoms with E-state index in [1.807, 2.05) is 18.4 Å². The first-order valence-corrected chi connectivity index (χ1v) is 10.9. The molecule has 1 N–H and O–H groups in total. The van der Waals surface area contributed by atoms with Crippen LogP contribution >= 0.6 is 11.3 Å². The number of nitrogens with zero attached hydrogens (tertiary/aromatic N) is 4. The van der Waals surface area contributed by atoms with Gasteiger partial charge in [-0.15, -0.1) is 11.3 Å². The fourth-order valence-electron chi connectivity index (χ4n) is 3.83. The summed E-state index contributed by atoms with van der Waals surface area (Å²) in [5.41, 5.74) is 3.87. The summed E-state index contributed by atoms with van der Waals surface area (Å²) in [6.07, 6.45) is 9.37. The van der Waals surface area contributed by atoms with Gasteiger partial charge in [0.1, 0.15) is 5.01 Å². The Bertz CT molecular complexity index is 821. The van der Waals surface area contributed by atoms with E-state index < -0.39 is 0 Å². The zero-order valence-corrected chi connectivity index (χ0v) is 17.6. The van der Waals surface area contributed by atoms with Crippen LogP contribution in [0.2, 0.25) is 0 Å². The quantitative estimate of drug-likeness (QED) is 0.477. The van der Waals surface area contributed by atoms with Gasteiger partial charge < -0.3 is 15.1 Å². The zero-order chi connectivity index (χ0) is 19.3. The number of nitrogens with one attached hydrogen (secondary N) is 1. The van der Waals surface area contributed by atoms with Crippen LogP contribution in [0.5, 0.6) is 0 Å². The largest absolute Gasteiger partial charge is 0.364 e. The van der Waals surface area contributed by atoms with E-state index in [1.54, 1.807) is 0 Å². The molecule has 0 saturated heterocycles. The van der Waals surface area contributed by atoms with Crippen molar-refractivity contribution in [1.29, 1.82) is 0 Å². The maximum absolute atomic E-state index is 4.86. The van der Waals surface area contributed by atoms with E-state index in [9.17, 15) is 0 Å². The third-order valence-electron chi connectivity index (χ3n) is 5.41. The number of benzene rings is 1. The first-order valence-electron chi connectivity index (χ1n) is 10.1. The van der Waals surface area contributed by atoms with Crippen molar-refractivity contribution in [2.75, 3.05) is 32.1 Å². The van der Waals surface area contributed by atoms with Gasteiger partial charge in [-0.1, -0.05) is 24.3 Å². The molecule has 148 valence electrons. The van der Waals surface area contributed by atoms with E-state index in [0.29, 0.717) is 0 Å². The van der Waals surface area contributed by atoms with Crippen molar-refractivity contribution in [3.05, 3.63) is 57.6 Å². The topological polar surface area (TPSA) is 43.8 Å². The Hall–Kier alpha value is -2.34. The van der Waals surface area contributed by atoms with Crippen molar-refractivity contribution in [3.63, 3.8) is 0 Å². The number of rotatable bonds is 5. The standard InChI is InChI=1S/C22H29N5S/c1-23-22(26(2)16-21-25-19-7-3-4-8-20(19)28-21)24-15-17-9-11-18(12-10-17)27-13-5-6-14-27/h5-6,9-12H,3-4,7-8,13-16H2,1-2H3,(H,23,24). The fourth-order valence-corrected chi connectivity index (χ4v) is 5.04. The molecule has 0 spiro atoms. The Balaban J connectivity index is 1.32. The highest BCUT2D eigenvalue weighted by atomic mass is 32.1. The molecular weight excluding hydrogens is 366 g/mol. The number of hydrogen-bond acceptors (Lipinski definition) is 4. The molecule has 0 radical (unpaired) electrons. The molecule has 28 heavy (non-hydrogen) atoms. The minimum Gasteiger partial charge on any atom is -0.364 e. The van der Waals surface area contributed by atoms with Crippen molar-refractivity contribution in [2.24, 2.45) is 4.99 Å². The monoisotopic (exact) mass is 395 g/mol. The van der Waals surface area contributed by atoms with Gasteiger partial charge >= 0.3 is 0 Å². The van der Waals surface area contributed by atoms with E-state index in [1.165, 1.54) is 46.1 Å². The molecule has 1 aliphatic carbocycles. The Morgan fingerprint density at radius 3 is 2.64 bits per heavy atom. The summed E-state index contributed by atoms with van der Waals surface area (Å²) >= 11 is 1.87. The minimum atomic E-state index is 0.768. The normalized spacial score (nSPS) is 16.4. The lowest BCUT2D eigenvalue weighted by atomic mass is 10.0. The number of guanidine groups is 1. The van der Waals surface area contributed by atoms with Crippen molar-refractivity contribution in [3.8, 4) is 0 Å². The van der Waals surface area contributed by atoms with Gasteiger partial charge in [0.15, 0.2) is 5.96 Å². The highest BCUT2D eigenvalue weighted by Crippen LogP contribution is 2.27. The SMILES string of the molecule is CN=C(NCc1ccc(N2CC=CC2)cc1)N(C)Cc1nc2c(s1)CCCC2. The summed E-state index contributed by atoms with van der Waals surface area (Å²) in [5.74, 6) is 0.904. The lowest BCUT2D eigenvalue weighted by Gasteiger charge is -2.21. The first-order chi connectivity index (χ1) is 13.7. The van der Waals surface area contributed by atoms with Crippen LogP contribution in [0.3, 0.4) is 0 Å². The summed E-state index contributed by atoms with van der Waals surface area (Å²) < 4.78 is 0. The molecule has 0 saturated carbocycles. The van der Waals surface area contributed by atoms with Crippen molar-refractivity contribution in [1.82, 2.24) is 15.2 Å². The Morgan fingerprint density at radius 2 is 1.93 bits per heavy atom. The first kappa shape index (κ1) is 19.0. The molecule has 2 aliphatic rings. The maximum Gasteiger partial charge on any atom is 0.194 e. The highest BCUT2D eigenvalue weighted by molar-refractivity contribution is 7.11. The summed E-state index contributed by atoms with van der Waals surface area (Å²) in [6.45, 7) is 3.59. The molecule has 0 amide bonds. The fraction of sp³-hybridized carbons (Fsp3) is 0.455. The highest BCUT2D eigenvalue weighted by Gasteiger charge is 2.17. The minimum absolute atomic E-state index is 0.768. The van der Waals surface area contributed by atoms with Gasteiger partial charge in [-0.3, -0.25) is 4.99 Å². The molecule has 6 heteroatoms. The molecule has 0 atom stereocenters. The van der Waals surface area contributed by atoms with E-state index >= 15 is 0 Å². The molecule has 1 aromatic carbocycles. The molecule has 0 fully saturated rings. The average Bonchev–Trinajstić information content (AvgIpc) is 3.38. The molecule has 2 aromatic rings. The summed E-state index contributed by atoms with van der Waals surface area (Å²) in [7, 11) is 3.92. The number of fused-ring (bicyclic) bond motifs is 1. The van der Waals surface area contributed by atoms with E-state index in [-0.39, 0.29) is 0 Å². The number of aryl methyl sites for hydroxylation is 2. The van der Waals surface area contributed by atoms with Gasteiger partial charge in [0.2, 0.25) is 0 Å². The second-order valence-corrected chi connectivity index (χ2v) is 8.65. The van der Waals surface area contributed by atoms with Gasteiger partial charge in [0.05, 0.1) is 12.2 Å². The Labute approximate surface area is 171 Å². The third-order valence-corrected chi connectivity index (χ3v) is 6.55. The van der Waals surface area contributed by atoms with Gasteiger partial charge in [0.25, 0.3) is 0 Å². The van der Waals surface area contributed by atoms with Crippen LogP contribution in [0.1, 0.15) is 34.0 Å². The zero-order valence-electron chi connectivity index (χ0n) is 16.8.